The molecular weight excluding hydrogens is 256 g/mol. The van der Waals surface area contributed by atoms with Gasteiger partial charge in [0, 0.05) is 32.1 Å². The van der Waals surface area contributed by atoms with Gasteiger partial charge < -0.3 is 4.90 Å². The third kappa shape index (κ3) is 2.90. The molecule has 1 heterocycles. The zero-order valence-corrected chi connectivity index (χ0v) is 10.9. The molecule has 0 bridgehead atoms. The maximum atomic E-state index is 11.1. The lowest BCUT2D eigenvalue weighted by Crippen LogP contribution is -2.17. The fraction of sp³-hybridized carbons (Fsp3) is 0.143. The summed E-state index contributed by atoms with van der Waals surface area (Å²) in [4.78, 5) is 16.3. The van der Waals surface area contributed by atoms with E-state index in [4.69, 9.17) is 5.26 Å². The average molecular weight is 268 g/mol. The van der Waals surface area contributed by atoms with Gasteiger partial charge in [0.05, 0.1) is 16.6 Å². The highest BCUT2D eigenvalue weighted by atomic mass is 16.6. The zero-order chi connectivity index (χ0) is 14.5. The molecule has 2 aromatic rings. The Labute approximate surface area is 116 Å². The molecule has 0 aliphatic rings. The highest BCUT2D eigenvalue weighted by molar-refractivity contribution is 5.65. The van der Waals surface area contributed by atoms with Crippen molar-refractivity contribution in [1.29, 1.82) is 5.26 Å². The second-order valence-electron chi connectivity index (χ2n) is 4.28. The van der Waals surface area contributed by atoms with Crippen LogP contribution >= 0.6 is 0 Å². The van der Waals surface area contributed by atoms with Crippen LogP contribution in [0, 0.1) is 21.4 Å². The first-order valence-corrected chi connectivity index (χ1v) is 5.90. The Morgan fingerprint density at radius 2 is 2.05 bits per heavy atom. The van der Waals surface area contributed by atoms with E-state index in [2.05, 4.69) is 4.98 Å². The number of nitrogens with zero attached hydrogens (tertiary/aromatic N) is 4. The Balaban J connectivity index is 2.35. The smallest absolute Gasteiger partial charge is 0.292 e. The summed E-state index contributed by atoms with van der Waals surface area (Å²) in [7, 11) is 1.75. The molecule has 6 nitrogen and oxygen atoms in total. The van der Waals surface area contributed by atoms with Gasteiger partial charge in [0.25, 0.3) is 5.69 Å². The van der Waals surface area contributed by atoms with E-state index in [9.17, 15) is 10.1 Å². The highest BCUT2D eigenvalue weighted by Gasteiger charge is 2.17. The van der Waals surface area contributed by atoms with Gasteiger partial charge in [-0.1, -0.05) is 0 Å². The molecule has 1 aromatic carbocycles. The quantitative estimate of drug-likeness (QED) is 0.628. The molecule has 0 aliphatic heterocycles. The highest BCUT2D eigenvalue weighted by Crippen LogP contribution is 2.29. The van der Waals surface area contributed by atoms with E-state index >= 15 is 0 Å². The first-order valence-electron chi connectivity index (χ1n) is 5.90. The van der Waals surface area contributed by atoms with Crippen LogP contribution in [-0.2, 0) is 6.54 Å². The monoisotopic (exact) mass is 268 g/mol. The van der Waals surface area contributed by atoms with E-state index in [1.54, 1.807) is 24.3 Å². The normalized spacial score (nSPS) is 9.80. The van der Waals surface area contributed by atoms with Crippen molar-refractivity contribution in [2.75, 3.05) is 11.9 Å². The number of anilines is 1. The molecule has 0 saturated heterocycles. The number of nitro groups is 1. The van der Waals surface area contributed by atoms with Gasteiger partial charge in [0.2, 0.25) is 0 Å². The molecule has 0 radical (unpaired) electrons. The van der Waals surface area contributed by atoms with E-state index in [-0.39, 0.29) is 5.69 Å². The lowest BCUT2D eigenvalue weighted by molar-refractivity contribution is -0.384. The van der Waals surface area contributed by atoms with Gasteiger partial charge in [-0.2, -0.15) is 5.26 Å². The van der Waals surface area contributed by atoms with Gasteiger partial charge in [-0.05, 0) is 29.8 Å². The third-order valence-electron chi connectivity index (χ3n) is 2.88. The summed E-state index contributed by atoms with van der Waals surface area (Å²) >= 11 is 0. The molecule has 0 spiro atoms. The van der Waals surface area contributed by atoms with Crippen LogP contribution in [0.5, 0.6) is 0 Å². The molecule has 0 amide bonds. The van der Waals surface area contributed by atoms with Crippen LogP contribution in [0.25, 0.3) is 0 Å². The van der Waals surface area contributed by atoms with Crippen LogP contribution in [0.1, 0.15) is 11.1 Å². The molecule has 6 heteroatoms. The van der Waals surface area contributed by atoms with E-state index in [1.807, 2.05) is 18.2 Å². The summed E-state index contributed by atoms with van der Waals surface area (Å²) in [5.41, 5.74) is 1.79. The van der Waals surface area contributed by atoms with Gasteiger partial charge >= 0.3 is 0 Å². The molecule has 0 N–H and O–H groups in total. The second-order valence-corrected chi connectivity index (χ2v) is 4.28. The number of rotatable bonds is 4. The van der Waals surface area contributed by atoms with Crippen molar-refractivity contribution < 1.29 is 4.92 Å². The van der Waals surface area contributed by atoms with Gasteiger partial charge in [-0.15, -0.1) is 0 Å². The number of nitriles is 1. The number of nitro benzene ring substituents is 1. The van der Waals surface area contributed by atoms with Gasteiger partial charge in [-0.3, -0.25) is 15.1 Å². The maximum absolute atomic E-state index is 11.1. The van der Waals surface area contributed by atoms with Crippen LogP contribution in [0.4, 0.5) is 11.4 Å². The SMILES string of the molecule is CN(Cc1ccncc1)c1cc(C#N)ccc1[N+](=O)[O-]. The summed E-state index contributed by atoms with van der Waals surface area (Å²) < 4.78 is 0. The average Bonchev–Trinajstić information content (AvgIpc) is 2.47. The van der Waals surface area contributed by atoms with Gasteiger partial charge in [0.1, 0.15) is 5.69 Å². The lowest BCUT2D eigenvalue weighted by Gasteiger charge is -2.19. The summed E-state index contributed by atoms with van der Waals surface area (Å²) in [5.74, 6) is 0. The van der Waals surface area contributed by atoms with Crippen LogP contribution < -0.4 is 4.90 Å². The molecule has 0 fully saturated rings. The van der Waals surface area contributed by atoms with Gasteiger partial charge in [-0.25, -0.2) is 0 Å². The number of hydrogen-bond acceptors (Lipinski definition) is 5. The van der Waals surface area contributed by atoms with Crippen molar-refractivity contribution >= 4 is 11.4 Å². The van der Waals surface area contributed by atoms with Crippen LogP contribution in [0.3, 0.4) is 0 Å². The zero-order valence-electron chi connectivity index (χ0n) is 10.9. The molecule has 1 aromatic heterocycles. The summed E-state index contributed by atoms with van der Waals surface area (Å²) in [6, 6.07) is 10.0. The molecule has 100 valence electrons. The van der Waals surface area contributed by atoms with E-state index in [0.717, 1.165) is 5.56 Å². The fourth-order valence-electron chi connectivity index (χ4n) is 1.90. The van der Waals surface area contributed by atoms with Crippen LogP contribution in [-0.4, -0.2) is 17.0 Å². The lowest BCUT2D eigenvalue weighted by atomic mass is 10.1. The van der Waals surface area contributed by atoms with Crippen molar-refractivity contribution in [1.82, 2.24) is 4.98 Å². The first kappa shape index (κ1) is 13.5. The third-order valence-corrected chi connectivity index (χ3v) is 2.88. The summed E-state index contributed by atoms with van der Waals surface area (Å²) in [6.45, 7) is 0.498. The molecule has 2 rings (SSSR count). The number of hydrogen-bond donors (Lipinski definition) is 0. The van der Waals surface area contributed by atoms with Crippen molar-refractivity contribution in [3.05, 3.63) is 64.0 Å². The van der Waals surface area contributed by atoms with Crippen molar-refractivity contribution in [3.63, 3.8) is 0 Å². The number of pyridine rings is 1. The predicted octanol–water partition coefficient (Wildman–Crippen LogP) is 2.50. The summed E-state index contributed by atoms with van der Waals surface area (Å²) in [5, 5.41) is 20.0. The summed E-state index contributed by atoms with van der Waals surface area (Å²) in [6.07, 6.45) is 3.34. The van der Waals surface area contributed by atoms with Crippen molar-refractivity contribution in [2.24, 2.45) is 0 Å². The Morgan fingerprint density at radius 1 is 1.35 bits per heavy atom. The predicted molar refractivity (Wildman–Crippen MR) is 74.2 cm³/mol. The minimum Gasteiger partial charge on any atom is -0.365 e. The fourth-order valence-corrected chi connectivity index (χ4v) is 1.90. The Morgan fingerprint density at radius 3 is 2.65 bits per heavy atom. The number of benzene rings is 1. The molecular formula is C14H12N4O2. The Bertz CT molecular complexity index is 665. The van der Waals surface area contributed by atoms with Crippen molar-refractivity contribution in [3.8, 4) is 6.07 Å². The molecule has 0 saturated carbocycles. The Hall–Kier alpha value is -2.94. The van der Waals surface area contributed by atoms with Crippen molar-refractivity contribution in [2.45, 2.75) is 6.54 Å². The minimum atomic E-state index is -0.445. The Kier molecular flexibility index (Phi) is 3.91. The largest absolute Gasteiger partial charge is 0.365 e. The maximum Gasteiger partial charge on any atom is 0.292 e. The van der Waals surface area contributed by atoms with Crippen LogP contribution in [0.15, 0.2) is 42.7 Å². The topological polar surface area (TPSA) is 83.1 Å². The molecule has 0 unspecified atom stereocenters. The van der Waals surface area contributed by atoms with Gasteiger partial charge in [0.15, 0.2) is 0 Å². The molecule has 20 heavy (non-hydrogen) atoms. The standard InChI is InChI=1S/C14H12N4O2/c1-17(10-11-4-6-16-7-5-11)14-8-12(9-15)2-3-13(14)18(19)20/h2-8H,10H2,1H3. The number of aromatic nitrogens is 1. The minimum absolute atomic E-state index is 0.0134. The van der Waals surface area contributed by atoms with E-state index in [0.29, 0.717) is 17.8 Å². The molecule has 0 aliphatic carbocycles. The second kappa shape index (κ2) is 5.80. The van der Waals surface area contributed by atoms with Crippen LogP contribution in [0.2, 0.25) is 0 Å². The van der Waals surface area contributed by atoms with E-state index in [1.165, 1.54) is 18.2 Å². The van der Waals surface area contributed by atoms with E-state index < -0.39 is 4.92 Å². The first-order chi connectivity index (χ1) is 9.61. The molecule has 0 atom stereocenters.